The molecular weight excluding hydrogens is 343 g/mol. The molecule has 1 saturated carbocycles. The maximum Gasteiger partial charge on any atom is 0.147 e. The van der Waals surface area contributed by atoms with Gasteiger partial charge in [-0.1, -0.05) is 31.5 Å². The lowest BCUT2D eigenvalue weighted by Crippen LogP contribution is -2.37. The Labute approximate surface area is 133 Å². The van der Waals surface area contributed by atoms with Crippen molar-refractivity contribution in [3.05, 3.63) is 33.0 Å². The summed E-state index contributed by atoms with van der Waals surface area (Å²) in [5.41, 5.74) is 3.73. The van der Waals surface area contributed by atoms with Gasteiger partial charge < -0.3 is 0 Å². The normalized spacial score (nSPS) is 20.9. The molecule has 0 amide bonds. The molecule has 1 fully saturated rings. The monoisotopic (exact) mass is 362 g/mol. The quantitative estimate of drug-likeness (QED) is 0.452. The standard InChI is InChI=1S/C15H21BrClFN2/c1-15(2)7-5-9(6-8-15)14(20-19)10-3-4-11(16)12(17)13(10)18/h3-4,9,14,20H,5-8,19H2,1-2H3. The third kappa shape index (κ3) is 3.35. The Bertz CT molecular complexity index is 483. The fourth-order valence-electron chi connectivity index (χ4n) is 3.02. The fraction of sp³-hybridized carbons (Fsp3) is 0.600. The lowest BCUT2D eigenvalue weighted by atomic mass is 9.70. The van der Waals surface area contributed by atoms with E-state index in [2.05, 4.69) is 35.2 Å². The van der Waals surface area contributed by atoms with Crippen LogP contribution in [-0.4, -0.2) is 0 Å². The first-order valence-corrected chi connectivity index (χ1v) is 8.12. The van der Waals surface area contributed by atoms with E-state index in [-0.39, 0.29) is 16.9 Å². The molecule has 20 heavy (non-hydrogen) atoms. The summed E-state index contributed by atoms with van der Waals surface area (Å²) >= 11 is 9.22. The highest BCUT2D eigenvalue weighted by Crippen LogP contribution is 2.43. The van der Waals surface area contributed by atoms with Gasteiger partial charge in [-0.25, -0.2) is 4.39 Å². The molecule has 2 nitrogen and oxygen atoms in total. The van der Waals surface area contributed by atoms with Crippen molar-refractivity contribution in [1.29, 1.82) is 0 Å². The molecule has 1 atom stereocenters. The van der Waals surface area contributed by atoms with E-state index in [9.17, 15) is 4.39 Å². The first-order valence-electron chi connectivity index (χ1n) is 6.95. The lowest BCUT2D eigenvalue weighted by molar-refractivity contribution is 0.160. The van der Waals surface area contributed by atoms with Gasteiger partial charge in [-0.15, -0.1) is 0 Å². The van der Waals surface area contributed by atoms with E-state index >= 15 is 0 Å². The predicted molar refractivity (Wildman–Crippen MR) is 84.9 cm³/mol. The number of rotatable bonds is 3. The highest BCUT2D eigenvalue weighted by molar-refractivity contribution is 9.10. The zero-order valence-corrected chi connectivity index (χ0v) is 14.2. The van der Waals surface area contributed by atoms with E-state index < -0.39 is 0 Å². The molecule has 3 N–H and O–H groups in total. The molecule has 0 saturated heterocycles. The van der Waals surface area contributed by atoms with Crippen LogP contribution < -0.4 is 11.3 Å². The molecule has 1 aromatic rings. The van der Waals surface area contributed by atoms with Gasteiger partial charge in [0.05, 0.1) is 11.1 Å². The van der Waals surface area contributed by atoms with E-state index in [1.165, 1.54) is 0 Å². The summed E-state index contributed by atoms with van der Waals surface area (Å²) in [6, 6.07) is 3.35. The molecular formula is C15H21BrClFN2. The van der Waals surface area contributed by atoms with E-state index in [0.717, 1.165) is 25.7 Å². The molecule has 0 aromatic heterocycles. The number of nitrogens with two attached hydrogens (primary N) is 1. The number of hydrogen-bond donors (Lipinski definition) is 2. The van der Waals surface area contributed by atoms with E-state index in [4.69, 9.17) is 17.4 Å². The van der Waals surface area contributed by atoms with Crippen LogP contribution in [0.4, 0.5) is 4.39 Å². The van der Waals surface area contributed by atoms with Crippen molar-refractivity contribution in [2.24, 2.45) is 17.2 Å². The maximum absolute atomic E-state index is 14.3. The maximum atomic E-state index is 14.3. The summed E-state index contributed by atoms with van der Waals surface area (Å²) in [7, 11) is 0. The topological polar surface area (TPSA) is 38.0 Å². The molecule has 0 heterocycles. The van der Waals surface area contributed by atoms with Crippen molar-refractivity contribution in [3.8, 4) is 0 Å². The Morgan fingerprint density at radius 2 is 2.00 bits per heavy atom. The summed E-state index contributed by atoms with van der Waals surface area (Å²) in [5, 5.41) is 0.124. The van der Waals surface area contributed by atoms with Crippen molar-refractivity contribution < 1.29 is 4.39 Å². The Kier molecular flexibility index (Phi) is 5.11. The largest absolute Gasteiger partial charge is 0.271 e. The van der Waals surface area contributed by atoms with Crippen LogP contribution in [0.5, 0.6) is 0 Å². The molecule has 112 valence electrons. The van der Waals surface area contributed by atoms with Crippen LogP contribution in [0.1, 0.15) is 51.1 Å². The third-order valence-corrected chi connectivity index (χ3v) is 5.69. The van der Waals surface area contributed by atoms with Gasteiger partial charge >= 0.3 is 0 Å². The van der Waals surface area contributed by atoms with Crippen LogP contribution >= 0.6 is 27.5 Å². The van der Waals surface area contributed by atoms with Gasteiger partial charge in [0.1, 0.15) is 5.82 Å². The van der Waals surface area contributed by atoms with Gasteiger partial charge in [0.15, 0.2) is 0 Å². The molecule has 1 aliphatic rings. The van der Waals surface area contributed by atoms with Crippen molar-refractivity contribution >= 4 is 27.5 Å². The zero-order chi connectivity index (χ0) is 14.9. The minimum absolute atomic E-state index is 0.124. The van der Waals surface area contributed by atoms with Gasteiger partial charge in [0, 0.05) is 10.0 Å². The minimum atomic E-state index is -0.381. The number of benzene rings is 1. The second-order valence-corrected chi connectivity index (χ2v) is 7.64. The van der Waals surface area contributed by atoms with Crippen molar-refractivity contribution in [1.82, 2.24) is 5.43 Å². The molecule has 1 unspecified atom stereocenters. The molecule has 1 aromatic carbocycles. The second-order valence-electron chi connectivity index (χ2n) is 6.41. The molecule has 5 heteroatoms. The summed E-state index contributed by atoms with van der Waals surface area (Å²) in [6.45, 7) is 4.57. The Balaban J connectivity index is 2.23. The van der Waals surface area contributed by atoms with Crippen LogP contribution in [0.15, 0.2) is 16.6 Å². The van der Waals surface area contributed by atoms with Crippen LogP contribution in [0, 0.1) is 17.2 Å². The van der Waals surface area contributed by atoms with Crippen molar-refractivity contribution in [3.63, 3.8) is 0 Å². The smallest absolute Gasteiger partial charge is 0.147 e. The van der Waals surface area contributed by atoms with Crippen LogP contribution in [0.25, 0.3) is 0 Å². The Hall–Kier alpha value is -0.160. The van der Waals surface area contributed by atoms with Gasteiger partial charge in [-0.2, -0.15) is 0 Å². The first-order chi connectivity index (χ1) is 9.35. The predicted octanol–water partition coefficient (Wildman–Crippen LogP) is 4.96. The third-order valence-electron chi connectivity index (χ3n) is 4.43. The Morgan fingerprint density at radius 1 is 1.40 bits per heavy atom. The van der Waals surface area contributed by atoms with Gasteiger partial charge in [0.25, 0.3) is 0 Å². The fourth-order valence-corrected chi connectivity index (χ4v) is 3.49. The van der Waals surface area contributed by atoms with Gasteiger partial charge in [-0.3, -0.25) is 11.3 Å². The molecule has 0 bridgehead atoms. The molecule has 0 aliphatic heterocycles. The average molecular weight is 364 g/mol. The second kappa shape index (κ2) is 6.30. The van der Waals surface area contributed by atoms with E-state index in [0.29, 0.717) is 21.4 Å². The van der Waals surface area contributed by atoms with Gasteiger partial charge in [0.2, 0.25) is 0 Å². The lowest BCUT2D eigenvalue weighted by Gasteiger charge is -2.38. The SMILES string of the molecule is CC1(C)CCC(C(NN)c2ccc(Br)c(Cl)c2F)CC1. The molecule has 1 aliphatic carbocycles. The Morgan fingerprint density at radius 3 is 2.55 bits per heavy atom. The van der Waals surface area contributed by atoms with Crippen molar-refractivity contribution in [2.45, 2.75) is 45.6 Å². The van der Waals surface area contributed by atoms with E-state index in [1.807, 2.05) is 0 Å². The summed E-state index contributed by atoms with van der Waals surface area (Å²) in [5.74, 6) is 5.66. The average Bonchev–Trinajstić information content (AvgIpc) is 2.41. The summed E-state index contributed by atoms with van der Waals surface area (Å²) < 4.78 is 14.9. The van der Waals surface area contributed by atoms with Crippen molar-refractivity contribution in [2.75, 3.05) is 0 Å². The number of hydrazine groups is 1. The van der Waals surface area contributed by atoms with E-state index in [1.54, 1.807) is 12.1 Å². The molecule has 2 rings (SSSR count). The minimum Gasteiger partial charge on any atom is -0.271 e. The highest BCUT2D eigenvalue weighted by atomic mass is 79.9. The van der Waals surface area contributed by atoms with Gasteiger partial charge in [-0.05, 0) is 59.0 Å². The first kappa shape index (κ1) is 16.2. The highest BCUT2D eigenvalue weighted by Gasteiger charge is 2.33. The zero-order valence-electron chi connectivity index (χ0n) is 11.8. The number of hydrogen-bond acceptors (Lipinski definition) is 2. The van der Waals surface area contributed by atoms with Crippen LogP contribution in [-0.2, 0) is 0 Å². The molecule has 0 radical (unpaired) electrons. The summed E-state index contributed by atoms with van der Waals surface area (Å²) in [4.78, 5) is 0. The number of halogens is 3. The summed E-state index contributed by atoms with van der Waals surface area (Å²) in [6.07, 6.45) is 4.38. The van der Waals surface area contributed by atoms with Crippen LogP contribution in [0.2, 0.25) is 5.02 Å². The van der Waals surface area contributed by atoms with Crippen LogP contribution in [0.3, 0.4) is 0 Å². The molecule has 0 spiro atoms. The number of nitrogens with one attached hydrogen (secondary N) is 1.